The first-order chi connectivity index (χ1) is 14.2. The Bertz CT molecular complexity index is 1050. The van der Waals surface area contributed by atoms with Crippen LogP contribution in [0, 0.1) is 0 Å². The van der Waals surface area contributed by atoms with E-state index in [2.05, 4.69) is 20.6 Å². The number of furan rings is 1. The summed E-state index contributed by atoms with van der Waals surface area (Å²) >= 11 is 0. The molecule has 0 spiro atoms. The van der Waals surface area contributed by atoms with Gasteiger partial charge in [-0.25, -0.2) is 4.68 Å². The number of benzene rings is 1. The highest BCUT2D eigenvalue weighted by molar-refractivity contribution is 5.76. The zero-order valence-corrected chi connectivity index (χ0v) is 16.0. The predicted molar refractivity (Wildman–Crippen MR) is 105 cm³/mol. The van der Waals surface area contributed by atoms with Crippen molar-refractivity contribution in [1.29, 1.82) is 0 Å². The van der Waals surface area contributed by atoms with E-state index < -0.39 is 0 Å². The van der Waals surface area contributed by atoms with Crippen LogP contribution in [0.5, 0.6) is 0 Å². The Morgan fingerprint density at radius 2 is 2.10 bits per heavy atom. The second-order valence-corrected chi connectivity index (χ2v) is 6.64. The van der Waals surface area contributed by atoms with Crippen LogP contribution in [0.2, 0.25) is 0 Å². The van der Waals surface area contributed by atoms with Crippen molar-refractivity contribution in [3.8, 4) is 17.3 Å². The van der Waals surface area contributed by atoms with Crippen LogP contribution >= 0.6 is 0 Å². The molecule has 0 aliphatic heterocycles. The number of aromatic nitrogens is 4. The highest BCUT2D eigenvalue weighted by Gasteiger charge is 2.15. The van der Waals surface area contributed by atoms with Gasteiger partial charge in [-0.3, -0.25) is 4.79 Å². The minimum absolute atomic E-state index is 0.0291. The summed E-state index contributed by atoms with van der Waals surface area (Å²) < 4.78 is 12.3. The van der Waals surface area contributed by atoms with Gasteiger partial charge in [0.05, 0.1) is 18.0 Å². The van der Waals surface area contributed by atoms with Gasteiger partial charge in [0.2, 0.25) is 17.6 Å². The van der Waals surface area contributed by atoms with Crippen molar-refractivity contribution in [1.82, 2.24) is 25.2 Å². The van der Waals surface area contributed by atoms with E-state index >= 15 is 0 Å². The molecule has 1 amide bonds. The Kier molecular flexibility index (Phi) is 5.51. The molecule has 1 N–H and O–H groups in total. The van der Waals surface area contributed by atoms with Gasteiger partial charge < -0.3 is 14.3 Å². The molecule has 8 nitrogen and oxygen atoms in total. The molecule has 0 aliphatic rings. The quantitative estimate of drug-likeness (QED) is 0.491. The molecule has 0 saturated carbocycles. The zero-order valence-electron chi connectivity index (χ0n) is 16.0. The number of rotatable bonds is 8. The predicted octanol–water partition coefficient (Wildman–Crippen LogP) is 3.72. The first-order valence-corrected chi connectivity index (χ1v) is 9.45. The van der Waals surface area contributed by atoms with Gasteiger partial charge in [0, 0.05) is 25.2 Å². The second-order valence-electron chi connectivity index (χ2n) is 6.64. The second kappa shape index (κ2) is 8.55. The van der Waals surface area contributed by atoms with E-state index in [0.29, 0.717) is 36.7 Å². The molecule has 4 rings (SSSR count). The fraction of sp³-hybridized carbons (Fsp3) is 0.238. The molecule has 29 heavy (non-hydrogen) atoms. The normalized spacial score (nSPS) is 12.0. The maximum atomic E-state index is 12.4. The molecule has 0 saturated heterocycles. The first-order valence-electron chi connectivity index (χ1n) is 9.45. The Morgan fingerprint density at radius 1 is 1.21 bits per heavy atom. The molecule has 1 aromatic carbocycles. The van der Waals surface area contributed by atoms with Gasteiger partial charge in [-0.15, -0.1) is 0 Å². The third-order valence-electron chi connectivity index (χ3n) is 4.54. The summed E-state index contributed by atoms with van der Waals surface area (Å²) in [6, 6.07) is 13.2. The van der Waals surface area contributed by atoms with E-state index in [9.17, 15) is 4.79 Å². The van der Waals surface area contributed by atoms with Crippen LogP contribution in [0.3, 0.4) is 0 Å². The van der Waals surface area contributed by atoms with Crippen LogP contribution in [0.1, 0.15) is 37.3 Å². The Hall–Kier alpha value is -3.68. The van der Waals surface area contributed by atoms with Crippen LogP contribution in [0.25, 0.3) is 17.3 Å². The van der Waals surface area contributed by atoms with Gasteiger partial charge in [-0.05, 0) is 43.2 Å². The highest BCUT2D eigenvalue weighted by Crippen LogP contribution is 2.21. The fourth-order valence-electron chi connectivity index (χ4n) is 3.13. The molecular formula is C21H21N5O3. The van der Waals surface area contributed by atoms with E-state index in [4.69, 9.17) is 8.94 Å². The summed E-state index contributed by atoms with van der Waals surface area (Å²) in [6.07, 6.45) is 6.68. The van der Waals surface area contributed by atoms with Gasteiger partial charge in [-0.1, -0.05) is 23.4 Å². The molecule has 0 unspecified atom stereocenters. The molecule has 0 fully saturated rings. The van der Waals surface area contributed by atoms with Crippen molar-refractivity contribution in [2.24, 2.45) is 0 Å². The number of nitrogens with zero attached hydrogens (tertiary/aromatic N) is 4. The molecule has 3 aromatic heterocycles. The summed E-state index contributed by atoms with van der Waals surface area (Å²) in [6.45, 7) is 1.97. The lowest BCUT2D eigenvalue weighted by atomic mass is 10.1. The number of nitrogens with one attached hydrogen (secondary N) is 1. The molecule has 8 heteroatoms. The number of carbonyl (C=O) groups excluding carboxylic acids is 1. The van der Waals surface area contributed by atoms with Crippen molar-refractivity contribution in [3.05, 3.63) is 72.6 Å². The molecule has 3 heterocycles. The Balaban J connectivity index is 1.30. The summed E-state index contributed by atoms with van der Waals surface area (Å²) in [5, 5.41) is 11.2. The smallest absolute Gasteiger partial charge is 0.238 e. The van der Waals surface area contributed by atoms with Crippen LogP contribution in [0.4, 0.5) is 0 Å². The largest absolute Gasteiger partial charge is 0.461 e. The van der Waals surface area contributed by atoms with Crippen LogP contribution in [0.15, 0.2) is 70.1 Å². The number of amides is 1. The first kappa shape index (κ1) is 18.7. The molecule has 0 bridgehead atoms. The molecule has 4 aromatic rings. The Morgan fingerprint density at radius 3 is 2.90 bits per heavy atom. The number of carbonyl (C=O) groups is 1. The van der Waals surface area contributed by atoms with Gasteiger partial charge in [0.25, 0.3) is 0 Å². The van der Waals surface area contributed by atoms with Gasteiger partial charge in [0.1, 0.15) is 0 Å². The van der Waals surface area contributed by atoms with Crippen molar-refractivity contribution in [3.63, 3.8) is 0 Å². The van der Waals surface area contributed by atoms with Crippen LogP contribution < -0.4 is 5.32 Å². The van der Waals surface area contributed by atoms with Crippen molar-refractivity contribution in [2.75, 3.05) is 0 Å². The molecule has 148 valence electrons. The van der Waals surface area contributed by atoms with Gasteiger partial charge >= 0.3 is 0 Å². The number of aryl methyl sites for hydroxylation is 1. The monoisotopic (exact) mass is 391 g/mol. The average molecular weight is 391 g/mol. The topological polar surface area (TPSA) is 99.0 Å². The van der Waals surface area contributed by atoms with Crippen molar-refractivity contribution >= 4 is 5.91 Å². The van der Waals surface area contributed by atoms with Crippen LogP contribution in [-0.4, -0.2) is 25.8 Å². The minimum Gasteiger partial charge on any atom is -0.461 e. The summed E-state index contributed by atoms with van der Waals surface area (Å²) in [5.74, 6) is 1.43. The third-order valence-corrected chi connectivity index (χ3v) is 4.54. The zero-order chi connectivity index (χ0) is 20.1. The highest BCUT2D eigenvalue weighted by atomic mass is 16.5. The van der Waals surface area contributed by atoms with E-state index in [1.807, 2.05) is 43.5 Å². The van der Waals surface area contributed by atoms with Gasteiger partial charge in [0.15, 0.2) is 5.76 Å². The van der Waals surface area contributed by atoms with Crippen molar-refractivity contribution in [2.45, 2.75) is 32.2 Å². The number of hydrogen-bond acceptors (Lipinski definition) is 6. The van der Waals surface area contributed by atoms with E-state index in [-0.39, 0.29) is 11.9 Å². The van der Waals surface area contributed by atoms with E-state index in [0.717, 1.165) is 11.3 Å². The lowest BCUT2D eigenvalue weighted by molar-refractivity contribution is -0.121. The third kappa shape index (κ3) is 4.43. The molecule has 1 atom stereocenters. The summed E-state index contributed by atoms with van der Waals surface area (Å²) in [4.78, 5) is 16.7. The average Bonchev–Trinajstić information content (AvgIpc) is 3.49. The van der Waals surface area contributed by atoms with E-state index in [1.165, 1.54) is 0 Å². The Labute approximate surface area is 167 Å². The lowest BCUT2D eigenvalue weighted by Gasteiger charge is -2.18. The molecule has 0 aliphatic carbocycles. The lowest BCUT2D eigenvalue weighted by Crippen LogP contribution is -2.27. The maximum Gasteiger partial charge on any atom is 0.238 e. The van der Waals surface area contributed by atoms with Gasteiger partial charge in [-0.2, -0.15) is 10.1 Å². The van der Waals surface area contributed by atoms with Crippen LogP contribution in [-0.2, 0) is 11.2 Å². The minimum atomic E-state index is -0.142. The molecular weight excluding hydrogens is 370 g/mol. The summed E-state index contributed by atoms with van der Waals surface area (Å²) in [5.41, 5.74) is 1.95. The fourth-order valence-corrected chi connectivity index (χ4v) is 3.13. The maximum absolute atomic E-state index is 12.4. The number of hydrogen-bond donors (Lipinski definition) is 1. The van der Waals surface area contributed by atoms with Crippen molar-refractivity contribution < 1.29 is 13.7 Å². The van der Waals surface area contributed by atoms with E-state index in [1.54, 1.807) is 29.3 Å². The standard InChI is InChI=1S/C21H21N5O3/c1-15(16-7-2-3-8-17(16)26-13-6-12-22-26)23-19(27)10-4-11-20-24-21(25-29-20)18-9-5-14-28-18/h2-3,5-9,12-15H,4,10-11H2,1H3,(H,23,27)/t15-/m0/s1. The summed E-state index contributed by atoms with van der Waals surface area (Å²) in [7, 11) is 0. The number of para-hydroxylation sites is 1. The molecule has 0 radical (unpaired) electrons. The SMILES string of the molecule is C[C@H](NC(=O)CCCc1nc(-c2ccco2)no1)c1ccccc1-n1cccn1.